The topological polar surface area (TPSA) is 37.3 Å². The minimum atomic E-state index is 0.00546. The summed E-state index contributed by atoms with van der Waals surface area (Å²) in [6.45, 7) is 1.85. The normalized spacial score (nSPS) is 25.8. The van der Waals surface area contributed by atoms with E-state index in [0.717, 1.165) is 6.26 Å². The molecular formula is C10H13ClO2. The van der Waals surface area contributed by atoms with E-state index in [1.54, 1.807) is 6.08 Å². The minimum Gasteiger partial charge on any atom is -0.515 e. The summed E-state index contributed by atoms with van der Waals surface area (Å²) in [6.07, 6.45) is 4.61. The highest BCUT2D eigenvalue weighted by molar-refractivity contribution is 6.32. The third-order valence-electron chi connectivity index (χ3n) is 2.31. The molecule has 2 nitrogen and oxygen atoms in total. The zero-order valence-electron chi connectivity index (χ0n) is 7.59. The second-order valence-electron chi connectivity index (χ2n) is 3.16. The van der Waals surface area contributed by atoms with Crippen LogP contribution in [0.3, 0.4) is 0 Å². The van der Waals surface area contributed by atoms with E-state index in [-0.39, 0.29) is 11.7 Å². The number of allylic oxidation sites excluding steroid dienone is 3. The Hall–Kier alpha value is -0.760. The molecule has 0 aromatic carbocycles. The monoisotopic (exact) mass is 200 g/mol. The van der Waals surface area contributed by atoms with Crippen LogP contribution < -0.4 is 0 Å². The van der Waals surface area contributed by atoms with Gasteiger partial charge in [-0.25, -0.2) is 0 Å². The van der Waals surface area contributed by atoms with Crippen LogP contribution >= 0.6 is 11.6 Å². The Balaban J connectivity index is 2.73. The van der Waals surface area contributed by atoms with E-state index < -0.39 is 0 Å². The Kier molecular flexibility index (Phi) is 3.55. The van der Waals surface area contributed by atoms with E-state index >= 15 is 0 Å². The van der Waals surface area contributed by atoms with Crippen molar-refractivity contribution in [2.24, 2.45) is 5.92 Å². The summed E-state index contributed by atoms with van der Waals surface area (Å²) < 4.78 is 0. The molecule has 0 aromatic heterocycles. The van der Waals surface area contributed by atoms with Crippen LogP contribution in [0.15, 0.2) is 22.9 Å². The van der Waals surface area contributed by atoms with Gasteiger partial charge in [0.25, 0.3) is 0 Å². The smallest absolute Gasteiger partial charge is 0.136 e. The maximum Gasteiger partial charge on any atom is 0.136 e. The molecule has 1 aliphatic carbocycles. The van der Waals surface area contributed by atoms with Gasteiger partial charge < -0.3 is 5.11 Å². The number of carbonyl (C=O) groups excluding carboxylic acids is 1. The molecule has 0 bridgehead atoms. The molecule has 0 aliphatic heterocycles. The lowest BCUT2D eigenvalue weighted by molar-refractivity contribution is -0.122. The van der Waals surface area contributed by atoms with Crippen molar-refractivity contribution in [1.29, 1.82) is 0 Å². The molecule has 0 aromatic rings. The number of ketones is 1. The summed E-state index contributed by atoms with van der Waals surface area (Å²) >= 11 is 5.82. The van der Waals surface area contributed by atoms with Gasteiger partial charge in [-0.15, -0.1) is 0 Å². The SMILES string of the molecule is CCC(=O)C1CC=C(Cl)/C(=C\O)C1. The maximum atomic E-state index is 11.4. The zero-order chi connectivity index (χ0) is 9.84. The van der Waals surface area contributed by atoms with Crippen LogP contribution in [0, 0.1) is 5.92 Å². The summed E-state index contributed by atoms with van der Waals surface area (Å²) in [6, 6.07) is 0. The van der Waals surface area contributed by atoms with E-state index in [9.17, 15) is 4.79 Å². The number of hydrogen-bond acceptors (Lipinski definition) is 2. The average Bonchev–Trinajstić information content (AvgIpc) is 2.17. The number of hydrogen-bond donors (Lipinski definition) is 1. The van der Waals surface area contributed by atoms with E-state index in [4.69, 9.17) is 16.7 Å². The second-order valence-corrected chi connectivity index (χ2v) is 3.57. The van der Waals surface area contributed by atoms with Crippen molar-refractivity contribution in [2.45, 2.75) is 26.2 Å². The molecule has 1 atom stereocenters. The average molecular weight is 201 g/mol. The number of aliphatic hydroxyl groups excluding tert-OH is 1. The predicted octanol–water partition coefficient (Wildman–Crippen LogP) is 2.94. The van der Waals surface area contributed by atoms with Gasteiger partial charge in [0.15, 0.2) is 0 Å². The molecule has 72 valence electrons. The molecule has 0 saturated carbocycles. The minimum absolute atomic E-state index is 0.00546. The second kappa shape index (κ2) is 4.47. The van der Waals surface area contributed by atoms with Gasteiger partial charge in [0.2, 0.25) is 0 Å². The number of halogens is 1. The van der Waals surface area contributed by atoms with Gasteiger partial charge >= 0.3 is 0 Å². The molecule has 1 rings (SSSR count). The molecule has 0 heterocycles. The summed E-state index contributed by atoms with van der Waals surface area (Å²) in [5.74, 6) is 0.241. The summed E-state index contributed by atoms with van der Waals surface area (Å²) in [5.41, 5.74) is 0.666. The molecular weight excluding hydrogens is 188 g/mol. The van der Waals surface area contributed by atoms with Gasteiger partial charge in [-0.3, -0.25) is 4.79 Å². The Bertz CT molecular complexity index is 266. The molecule has 1 unspecified atom stereocenters. The summed E-state index contributed by atoms with van der Waals surface area (Å²) in [5, 5.41) is 9.41. The molecule has 3 heteroatoms. The molecule has 0 amide bonds. The van der Waals surface area contributed by atoms with Crippen molar-refractivity contribution in [2.75, 3.05) is 0 Å². The van der Waals surface area contributed by atoms with Crippen molar-refractivity contribution in [3.8, 4) is 0 Å². The Morgan fingerprint density at radius 1 is 1.85 bits per heavy atom. The van der Waals surface area contributed by atoms with Crippen LogP contribution in [-0.4, -0.2) is 10.9 Å². The first-order chi connectivity index (χ1) is 6.19. The highest BCUT2D eigenvalue weighted by atomic mass is 35.5. The van der Waals surface area contributed by atoms with Crippen molar-refractivity contribution in [3.05, 3.63) is 22.9 Å². The van der Waals surface area contributed by atoms with Crippen LogP contribution in [0.5, 0.6) is 0 Å². The number of carbonyl (C=O) groups is 1. The summed E-state index contributed by atoms with van der Waals surface area (Å²) in [7, 11) is 0. The molecule has 0 saturated heterocycles. The van der Waals surface area contributed by atoms with Crippen molar-refractivity contribution in [3.63, 3.8) is 0 Å². The molecule has 0 radical (unpaired) electrons. The lowest BCUT2D eigenvalue weighted by atomic mass is 9.87. The molecule has 13 heavy (non-hydrogen) atoms. The molecule has 1 aliphatic rings. The lowest BCUT2D eigenvalue weighted by Crippen LogP contribution is -2.16. The van der Waals surface area contributed by atoms with Crippen molar-refractivity contribution >= 4 is 17.4 Å². The predicted molar refractivity (Wildman–Crippen MR) is 52.7 cm³/mol. The largest absolute Gasteiger partial charge is 0.515 e. The number of aliphatic hydroxyl groups is 1. The van der Waals surface area contributed by atoms with Gasteiger partial charge in [0.1, 0.15) is 5.78 Å². The fourth-order valence-corrected chi connectivity index (χ4v) is 1.69. The van der Waals surface area contributed by atoms with Crippen LogP contribution in [0.4, 0.5) is 0 Å². The van der Waals surface area contributed by atoms with Crippen LogP contribution in [0.1, 0.15) is 26.2 Å². The zero-order valence-corrected chi connectivity index (χ0v) is 8.34. The highest BCUT2D eigenvalue weighted by Crippen LogP contribution is 2.31. The lowest BCUT2D eigenvalue weighted by Gasteiger charge is -2.19. The summed E-state index contributed by atoms with van der Waals surface area (Å²) in [4.78, 5) is 11.4. The first kappa shape index (κ1) is 10.3. The Morgan fingerprint density at radius 2 is 2.54 bits per heavy atom. The molecule has 0 fully saturated rings. The fourth-order valence-electron chi connectivity index (χ4n) is 1.47. The first-order valence-electron chi connectivity index (χ1n) is 4.41. The van der Waals surface area contributed by atoms with E-state index in [2.05, 4.69) is 0 Å². The number of rotatable bonds is 2. The maximum absolute atomic E-state index is 11.4. The third kappa shape index (κ3) is 2.34. The highest BCUT2D eigenvalue weighted by Gasteiger charge is 2.22. The van der Waals surface area contributed by atoms with Crippen LogP contribution in [0.25, 0.3) is 0 Å². The standard InChI is InChI=1S/C10H13ClO2/c1-2-10(13)7-3-4-9(11)8(5-7)6-12/h4,6-7,12H,2-3,5H2,1H3/b8-6-. The quantitative estimate of drug-likeness (QED) is 0.696. The molecule has 0 spiro atoms. The van der Waals surface area contributed by atoms with Gasteiger partial charge in [0, 0.05) is 22.9 Å². The van der Waals surface area contributed by atoms with Crippen LogP contribution in [-0.2, 0) is 4.79 Å². The number of Topliss-reactive ketones (excluding diaryl/α,β-unsaturated/α-hetero) is 1. The van der Waals surface area contributed by atoms with Crippen molar-refractivity contribution < 1.29 is 9.90 Å². The van der Waals surface area contributed by atoms with E-state index in [1.165, 1.54) is 0 Å². The van der Waals surface area contributed by atoms with Gasteiger partial charge in [-0.2, -0.15) is 0 Å². The fraction of sp³-hybridized carbons (Fsp3) is 0.500. The molecule has 1 N–H and O–H groups in total. The van der Waals surface area contributed by atoms with Gasteiger partial charge in [-0.1, -0.05) is 24.6 Å². The van der Waals surface area contributed by atoms with Crippen LogP contribution in [0.2, 0.25) is 0 Å². The van der Waals surface area contributed by atoms with E-state index in [0.29, 0.717) is 29.9 Å². The Labute approximate surface area is 82.9 Å². The Morgan fingerprint density at radius 3 is 3.08 bits per heavy atom. The van der Waals surface area contributed by atoms with Crippen molar-refractivity contribution in [1.82, 2.24) is 0 Å². The van der Waals surface area contributed by atoms with E-state index in [1.807, 2.05) is 6.92 Å². The first-order valence-corrected chi connectivity index (χ1v) is 4.78. The van der Waals surface area contributed by atoms with Gasteiger partial charge in [0.05, 0.1) is 6.26 Å². The third-order valence-corrected chi connectivity index (χ3v) is 2.71. The van der Waals surface area contributed by atoms with Gasteiger partial charge in [-0.05, 0) is 12.8 Å².